The highest BCUT2D eigenvalue weighted by Crippen LogP contribution is 1.94. The van der Waals surface area contributed by atoms with Crippen molar-refractivity contribution < 1.29 is 14.3 Å². The first-order valence-corrected chi connectivity index (χ1v) is 2.62. The van der Waals surface area contributed by atoms with E-state index in [-0.39, 0.29) is 5.57 Å². The standard InChI is InChI=1S/C7H8O3/c1-4-5(2)7(9)10-6(3)8/h4H,1-2H2,3H3. The highest BCUT2D eigenvalue weighted by Gasteiger charge is 2.06. The van der Waals surface area contributed by atoms with Crippen LogP contribution in [0.4, 0.5) is 0 Å². The molecule has 0 bridgehead atoms. The highest BCUT2D eigenvalue weighted by molar-refractivity contribution is 5.97. The van der Waals surface area contributed by atoms with Gasteiger partial charge in [0.05, 0.1) is 5.57 Å². The molecule has 0 aliphatic heterocycles. The van der Waals surface area contributed by atoms with Gasteiger partial charge in [0, 0.05) is 6.92 Å². The molecule has 0 fully saturated rings. The monoisotopic (exact) mass is 140 g/mol. The van der Waals surface area contributed by atoms with Crippen LogP contribution in [-0.2, 0) is 14.3 Å². The Morgan fingerprint density at radius 3 is 2.30 bits per heavy atom. The minimum Gasteiger partial charge on any atom is -0.390 e. The van der Waals surface area contributed by atoms with Gasteiger partial charge in [0.2, 0.25) is 0 Å². The van der Waals surface area contributed by atoms with Crippen LogP contribution in [0.3, 0.4) is 0 Å². The molecule has 0 saturated heterocycles. The van der Waals surface area contributed by atoms with E-state index in [0.29, 0.717) is 0 Å². The molecule has 0 heterocycles. The minimum atomic E-state index is -0.748. The number of esters is 2. The predicted molar refractivity (Wildman–Crippen MR) is 36.1 cm³/mol. The average Bonchev–Trinajstić information content (AvgIpc) is 1.85. The Morgan fingerprint density at radius 2 is 2.00 bits per heavy atom. The third-order valence-corrected chi connectivity index (χ3v) is 0.745. The second kappa shape index (κ2) is 3.61. The van der Waals surface area contributed by atoms with Gasteiger partial charge in [-0.1, -0.05) is 19.2 Å². The van der Waals surface area contributed by atoms with Crippen LogP contribution in [0.2, 0.25) is 0 Å². The fourth-order valence-corrected chi connectivity index (χ4v) is 0.279. The summed E-state index contributed by atoms with van der Waals surface area (Å²) in [5.41, 5.74) is 0.0789. The van der Waals surface area contributed by atoms with Crippen LogP contribution in [0, 0.1) is 0 Å². The van der Waals surface area contributed by atoms with Crippen molar-refractivity contribution in [3.05, 3.63) is 24.8 Å². The van der Waals surface area contributed by atoms with Gasteiger partial charge in [0.15, 0.2) is 0 Å². The first-order chi connectivity index (χ1) is 4.57. The van der Waals surface area contributed by atoms with Gasteiger partial charge in [0.25, 0.3) is 0 Å². The molecule has 3 nitrogen and oxygen atoms in total. The number of carbonyl (C=O) groups excluding carboxylic acids is 2. The summed E-state index contributed by atoms with van der Waals surface area (Å²) in [5.74, 6) is -1.39. The lowest BCUT2D eigenvalue weighted by Crippen LogP contribution is -2.09. The largest absolute Gasteiger partial charge is 0.390 e. The Kier molecular flexibility index (Phi) is 3.11. The fourth-order valence-electron chi connectivity index (χ4n) is 0.279. The Morgan fingerprint density at radius 1 is 1.50 bits per heavy atom. The SMILES string of the molecule is C=CC(=C)C(=O)OC(C)=O. The van der Waals surface area contributed by atoms with Crippen LogP contribution < -0.4 is 0 Å². The molecule has 0 aromatic rings. The summed E-state index contributed by atoms with van der Waals surface area (Å²) in [7, 11) is 0. The zero-order valence-corrected chi connectivity index (χ0v) is 5.72. The van der Waals surface area contributed by atoms with Gasteiger partial charge in [-0.2, -0.15) is 0 Å². The summed E-state index contributed by atoms with van der Waals surface area (Å²) in [4.78, 5) is 20.7. The van der Waals surface area contributed by atoms with E-state index in [1.165, 1.54) is 6.08 Å². The summed E-state index contributed by atoms with van der Waals surface area (Å²) in [6.07, 6.45) is 1.23. The number of hydrogen-bond acceptors (Lipinski definition) is 3. The van der Waals surface area contributed by atoms with E-state index in [1.807, 2.05) is 0 Å². The second-order valence-electron chi connectivity index (χ2n) is 1.61. The molecule has 0 aliphatic carbocycles. The van der Waals surface area contributed by atoms with Crippen molar-refractivity contribution in [2.24, 2.45) is 0 Å². The molecule has 0 radical (unpaired) electrons. The van der Waals surface area contributed by atoms with Crippen LogP contribution in [0.25, 0.3) is 0 Å². The second-order valence-corrected chi connectivity index (χ2v) is 1.61. The fraction of sp³-hybridized carbons (Fsp3) is 0.143. The van der Waals surface area contributed by atoms with Crippen LogP contribution in [-0.4, -0.2) is 11.9 Å². The molecule has 0 aromatic carbocycles. The zero-order chi connectivity index (χ0) is 8.15. The van der Waals surface area contributed by atoms with Crippen LogP contribution in [0.15, 0.2) is 24.8 Å². The molecule has 0 rings (SSSR count). The lowest BCUT2D eigenvalue weighted by molar-refractivity contribution is -0.154. The molecule has 0 N–H and O–H groups in total. The van der Waals surface area contributed by atoms with Crippen LogP contribution in [0.5, 0.6) is 0 Å². The van der Waals surface area contributed by atoms with Crippen molar-refractivity contribution in [1.29, 1.82) is 0 Å². The van der Waals surface area contributed by atoms with Gasteiger partial charge in [-0.3, -0.25) is 4.79 Å². The highest BCUT2D eigenvalue weighted by atomic mass is 16.6. The number of carbonyl (C=O) groups is 2. The maximum Gasteiger partial charge on any atom is 0.345 e. The predicted octanol–water partition coefficient (Wildman–Crippen LogP) is 0.818. The van der Waals surface area contributed by atoms with E-state index < -0.39 is 11.9 Å². The topological polar surface area (TPSA) is 43.4 Å². The van der Waals surface area contributed by atoms with Gasteiger partial charge in [-0.15, -0.1) is 0 Å². The summed E-state index contributed by atoms with van der Waals surface area (Å²) < 4.78 is 4.15. The molecule has 0 amide bonds. The number of hydrogen-bond donors (Lipinski definition) is 0. The lowest BCUT2D eigenvalue weighted by atomic mass is 10.3. The first kappa shape index (κ1) is 8.62. The summed E-state index contributed by atoms with van der Waals surface area (Å²) >= 11 is 0. The van der Waals surface area contributed by atoms with Crippen molar-refractivity contribution in [3.63, 3.8) is 0 Å². The average molecular weight is 140 g/mol. The number of rotatable bonds is 2. The molecule has 0 unspecified atom stereocenters. The molecular formula is C7H8O3. The van der Waals surface area contributed by atoms with Crippen molar-refractivity contribution in [1.82, 2.24) is 0 Å². The molecule has 0 aliphatic rings. The molecular weight excluding hydrogens is 132 g/mol. The quantitative estimate of drug-likeness (QED) is 0.247. The Bertz CT molecular complexity index is 191. The van der Waals surface area contributed by atoms with E-state index >= 15 is 0 Å². The third kappa shape index (κ3) is 2.81. The summed E-state index contributed by atoms with van der Waals surface area (Å²) in [6, 6.07) is 0. The Balaban J connectivity index is 3.98. The maximum absolute atomic E-state index is 10.6. The van der Waals surface area contributed by atoms with E-state index in [4.69, 9.17) is 0 Å². The number of ether oxygens (including phenoxy) is 1. The van der Waals surface area contributed by atoms with Gasteiger partial charge >= 0.3 is 11.9 Å². The van der Waals surface area contributed by atoms with Crippen molar-refractivity contribution >= 4 is 11.9 Å². The summed E-state index contributed by atoms with van der Waals surface area (Å²) in [6.45, 7) is 7.71. The van der Waals surface area contributed by atoms with E-state index in [2.05, 4.69) is 17.9 Å². The lowest BCUT2D eigenvalue weighted by Gasteiger charge is -1.96. The van der Waals surface area contributed by atoms with Crippen LogP contribution in [0.1, 0.15) is 6.92 Å². The molecule has 0 aromatic heterocycles. The smallest absolute Gasteiger partial charge is 0.345 e. The Labute approximate surface area is 59.0 Å². The molecule has 54 valence electrons. The van der Waals surface area contributed by atoms with Gasteiger partial charge in [-0.25, -0.2) is 4.79 Å². The van der Waals surface area contributed by atoms with Gasteiger partial charge in [-0.05, 0) is 0 Å². The molecule has 0 atom stereocenters. The maximum atomic E-state index is 10.6. The van der Waals surface area contributed by atoms with E-state index in [1.54, 1.807) is 0 Å². The van der Waals surface area contributed by atoms with Crippen molar-refractivity contribution in [2.45, 2.75) is 6.92 Å². The van der Waals surface area contributed by atoms with E-state index in [0.717, 1.165) is 6.92 Å². The molecule has 3 heteroatoms. The molecule has 0 spiro atoms. The van der Waals surface area contributed by atoms with Crippen molar-refractivity contribution in [2.75, 3.05) is 0 Å². The minimum absolute atomic E-state index is 0.0789. The molecule has 0 saturated carbocycles. The third-order valence-electron chi connectivity index (χ3n) is 0.745. The van der Waals surface area contributed by atoms with Crippen LogP contribution >= 0.6 is 0 Å². The summed E-state index contributed by atoms with van der Waals surface area (Å²) in [5, 5.41) is 0. The van der Waals surface area contributed by atoms with E-state index in [9.17, 15) is 9.59 Å². The Hall–Kier alpha value is -1.38. The van der Waals surface area contributed by atoms with Crippen molar-refractivity contribution in [3.8, 4) is 0 Å². The first-order valence-electron chi connectivity index (χ1n) is 2.62. The normalized spacial score (nSPS) is 8.10. The molecule has 10 heavy (non-hydrogen) atoms. The zero-order valence-electron chi connectivity index (χ0n) is 5.72. The van der Waals surface area contributed by atoms with Gasteiger partial charge < -0.3 is 4.74 Å². The van der Waals surface area contributed by atoms with Gasteiger partial charge in [0.1, 0.15) is 0 Å².